The molecule has 4 aromatic carbocycles. The molecule has 83 heavy (non-hydrogen) atoms. The van der Waals surface area contributed by atoms with Crippen LogP contribution in [0.2, 0.25) is 0 Å². The molecular formula is C67H93N7O9. The van der Waals surface area contributed by atoms with E-state index in [1.807, 2.05) is 108 Å². The molecule has 16 heteroatoms. The number of hydrogen-bond acceptors (Lipinski definition) is 11. The van der Waals surface area contributed by atoms with Gasteiger partial charge in [0.25, 0.3) is 0 Å². The van der Waals surface area contributed by atoms with Gasteiger partial charge in [-0.05, 0) is 203 Å². The Kier molecular flexibility index (Phi) is 20.1. The fourth-order valence-corrected chi connectivity index (χ4v) is 12.9. The Morgan fingerprint density at radius 3 is 1.86 bits per heavy atom. The first-order valence-electron chi connectivity index (χ1n) is 30.2. The number of aryl methyl sites for hydroxylation is 2. The van der Waals surface area contributed by atoms with Crippen LogP contribution >= 0.6 is 0 Å². The van der Waals surface area contributed by atoms with Crippen molar-refractivity contribution in [2.24, 2.45) is 11.3 Å². The zero-order chi connectivity index (χ0) is 60.0. The lowest BCUT2D eigenvalue weighted by molar-refractivity contribution is -0.150. The summed E-state index contributed by atoms with van der Waals surface area (Å²) in [5, 5.41) is 17.9. The maximum Gasteiger partial charge on any atom is 0.410 e. The van der Waals surface area contributed by atoms with E-state index in [4.69, 9.17) is 14.2 Å². The summed E-state index contributed by atoms with van der Waals surface area (Å²) >= 11 is 0. The maximum atomic E-state index is 15.5. The second-order valence-corrected chi connectivity index (χ2v) is 26.4. The minimum absolute atomic E-state index is 0.0203. The van der Waals surface area contributed by atoms with Gasteiger partial charge in [-0.25, -0.2) is 4.79 Å². The summed E-state index contributed by atoms with van der Waals surface area (Å²) in [4.78, 5) is 79.2. The minimum atomic E-state index is -1.34. The molecule has 3 N–H and O–H groups in total. The zero-order valence-corrected chi connectivity index (χ0v) is 51.5. The average molecular weight is 1140 g/mol. The molecule has 4 amide bonds. The van der Waals surface area contributed by atoms with Crippen LogP contribution in [0.1, 0.15) is 146 Å². The molecule has 1 unspecified atom stereocenters. The van der Waals surface area contributed by atoms with E-state index in [1.165, 1.54) is 11.1 Å². The highest BCUT2D eigenvalue weighted by atomic mass is 16.6. The molecule has 0 aromatic heterocycles. The third-order valence-electron chi connectivity index (χ3n) is 17.3. The molecule has 0 bridgehead atoms. The first kappa shape index (κ1) is 62.6. The first-order chi connectivity index (χ1) is 39.2. The number of nitrogens with one attached hydrogen (secondary N) is 2. The van der Waals surface area contributed by atoms with Crippen LogP contribution in [0.4, 0.5) is 16.2 Å². The summed E-state index contributed by atoms with van der Waals surface area (Å²) in [6.07, 6.45) is 3.48. The van der Waals surface area contributed by atoms with Gasteiger partial charge in [-0.1, -0.05) is 36.4 Å². The van der Waals surface area contributed by atoms with Crippen molar-refractivity contribution in [1.82, 2.24) is 25.3 Å². The summed E-state index contributed by atoms with van der Waals surface area (Å²) in [6, 6.07) is 27.6. The van der Waals surface area contributed by atoms with Crippen LogP contribution in [0.25, 0.3) is 0 Å². The van der Waals surface area contributed by atoms with Gasteiger partial charge in [-0.2, -0.15) is 0 Å². The van der Waals surface area contributed by atoms with Crippen LogP contribution < -0.4 is 29.9 Å². The molecule has 8 rings (SSSR count). The lowest BCUT2D eigenvalue weighted by Gasteiger charge is -2.44. The van der Waals surface area contributed by atoms with Crippen molar-refractivity contribution < 1.29 is 43.3 Å². The van der Waals surface area contributed by atoms with E-state index < -0.39 is 22.9 Å². The Labute approximate surface area is 493 Å². The molecule has 2 saturated carbocycles. The summed E-state index contributed by atoms with van der Waals surface area (Å²) in [6.45, 7) is 26.4. The molecule has 16 nitrogen and oxygen atoms in total. The molecule has 2 aliphatic heterocycles. The van der Waals surface area contributed by atoms with Gasteiger partial charge in [-0.15, -0.1) is 0 Å². The van der Waals surface area contributed by atoms with Crippen LogP contribution in [-0.4, -0.2) is 138 Å². The van der Waals surface area contributed by atoms with Gasteiger partial charge >= 0.3 is 12.1 Å². The summed E-state index contributed by atoms with van der Waals surface area (Å²) < 4.78 is 18.9. The maximum absolute atomic E-state index is 15.5. The Hall–Kier alpha value is -6.49. The third-order valence-corrected chi connectivity index (χ3v) is 17.3. The molecule has 2 aliphatic carbocycles. The smallest absolute Gasteiger partial charge is 0.410 e. The number of carbonyl (C=O) groups is 5. The predicted octanol–water partition coefficient (Wildman–Crippen LogP) is 10.4. The number of aliphatic carboxylic acids is 1. The average Bonchev–Trinajstić information content (AvgIpc) is 3.23. The normalized spacial score (nSPS) is 23.1. The fraction of sp³-hybridized carbons (Fsp3) is 0.567. The van der Waals surface area contributed by atoms with E-state index >= 15 is 4.79 Å². The second kappa shape index (κ2) is 26.6. The van der Waals surface area contributed by atoms with Gasteiger partial charge in [0.05, 0.1) is 30.0 Å². The van der Waals surface area contributed by atoms with Crippen LogP contribution in [0, 0.1) is 25.2 Å². The van der Waals surface area contributed by atoms with Crippen molar-refractivity contribution in [3.05, 3.63) is 118 Å². The van der Waals surface area contributed by atoms with E-state index in [0.717, 1.165) is 68.2 Å². The molecule has 450 valence electrons. The number of benzene rings is 4. The number of anilines is 2. The number of carboxylic acid groups (broad SMARTS) is 1. The first-order valence-corrected chi connectivity index (χ1v) is 30.2. The van der Waals surface area contributed by atoms with Crippen molar-refractivity contribution in [1.29, 1.82) is 0 Å². The minimum Gasteiger partial charge on any atom is -0.490 e. The fourth-order valence-electron chi connectivity index (χ4n) is 12.9. The van der Waals surface area contributed by atoms with Gasteiger partial charge in [0, 0.05) is 101 Å². The van der Waals surface area contributed by atoms with E-state index in [1.54, 1.807) is 29.0 Å². The summed E-state index contributed by atoms with van der Waals surface area (Å²) in [7, 11) is 3.61. The highest BCUT2D eigenvalue weighted by Crippen LogP contribution is 2.51. The molecule has 2 saturated heterocycles. The quantitative estimate of drug-likeness (QED) is 0.0915. The molecule has 4 aromatic rings. The van der Waals surface area contributed by atoms with Crippen molar-refractivity contribution in [2.75, 3.05) is 63.2 Å². The lowest BCUT2D eigenvalue weighted by Crippen LogP contribution is -2.54. The van der Waals surface area contributed by atoms with Gasteiger partial charge < -0.3 is 44.7 Å². The van der Waals surface area contributed by atoms with Gasteiger partial charge in [-0.3, -0.25) is 29.0 Å². The van der Waals surface area contributed by atoms with Gasteiger partial charge in [0.15, 0.2) is 0 Å². The van der Waals surface area contributed by atoms with Crippen LogP contribution in [0.3, 0.4) is 0 Å². The van der Waals surface area contributed by atoms with E-state index in [-0.39, 0.29) is 72.8 Å². The molecule has 2 heterocycles. The molecule has 3 atom stereocenters. The zero-order valence-electron chi connectivity index (χ0n) is 51.5. The topological polar surface area (TPSA) is 174 Å². The van der Waals surface area contributed by atoms with E-state index in [0.29, 0.717) is 73.9 Å². The Bertz CT molecular complexity index is 2930. The lowest BCUT2D eigenvalue weighted by atomic mass is 9.62. The summed E-state index contributed by atoms with van der Waals surface area (Å²) in [5.74, 6) is -1.57. The highest BCUT2D eigenvalue weighted by Gasteiger charge is 2.53. The number of rotatable bonds is 17. The monoisotopic (exact) mass is 1140 g/mol. The van der Waals surface area contributed by atoms with E-state index in [2.05, 4.69) is 66.3 Å². The number of ether oxygens (including phenoxy) is 3. The van der Waals surface area contributed by atoms with Crippen molar-refractivity contribution in [3.63, 3.8) is 0 Å². The van der Waals surface area contributed by atoms with Crippen LogP contribution in [-0.2, 0) is 43.4 Å². The molecule has 0 spiro atoms. The number of carboxylic acids is 1. The largest absolute Gasteiger partial charge is 0.490 e. The summed E-state index contributed by atoms with van der Waals surface area (Å²) in [5.41, 5.74) is 5.18. The molecule has 0 radical (unpaired) electrons. The van der Waals surface area contributed by atoms with Gasteiger partial charge in [0.1, 0.15) is 17.1 Å². The molecule has 4 fully saturated rings. The number of piperazine rings is 2. The van der Waals surface area contributed by atoms with Crippen LogP contribution in [0.5, 0.6) is 11.5 Å². The SMILES string of the molecule is Cc1cc(N(C)C(=O)C2(C(C(=O)O)c3cccc(OC4CCC(C(=O)N(C)c5ccc(CN6CCN(C(=O)OC(C)(C)C)[C@@H](C)C6)c(C)c5)CC4)c3)CCC(Oc3cccc(CC(=O)NC(C)(C)C)c3)CC2)ccc1CN1CCN[C@@H](C)C1. The third kappa shape index (κ3) is 16.2. The number of carbonyl (C=O) groups excluding carboxylic acids is 4. The van der Waals surface area contributed by atoms with Crippen molar-refractivity contribution in [3.8, 4) is 11.5 Å². The Morgan fingerprint density at radius 2 is 1.29 bits per heavy atom. The Morgan fingerprint density at radius 1 is 0.711 bits per heavy atom. The number of nitrogens with zero attached hydrogens (tertiary/aromatic N) is 5. The van der Waals surface area contributed by atoms with Crippen LogP contribution in [0.15, 0.2) is 84.9 Å². The standard InChI is InChI=1S/C67H93N7O9/c1-44-35-53(23-19-52(44)43-73-33-34-74(47(4)41-73)64(80)83-66(8,9)10)70(11)61(76)49-21-25-55(26-22-49)81-58-18-14-16-50(39-58)60(62(77)78)67(63(79)71(12)54-24-20-51(45(2)36-54)42-72-32-31-68-46(3)40-72)29-27-56(28-30-67)82-57-17-13-15-48(37-57)38-59(75)69-65(5,6)7/h13-20,23-24,35-37,39,46-47,49,55-56,60,68H,21-22,25-34,38,40-43H2,1-12H3,(H,69,75)(H,77,78)/t46-,47-,49?,55?,56?,60?,67?/m0/s1. The van der Waals surface area contributed by atoms with Crippen molar-refractivity contribution in [2.45, 2.75) is 181 Å². The van der Waals surface area contributed by atoms with E-state index in [9.17, 15) is 24.3 Å². The number of amides is 4. The highest BCUT2D eigenvalue weighted by molar-refractivity contribution is 6.01. The van der Waals surface area contributed by atoms with Gasteiger partial charge in [0.2, 0.25) is 17.7 Å². The molecule has 4 aliphatic rings. The second-order valence-electron chi connectivity index (χ2n) is 26.4. The molecular weight excluding hydrogens is 1050 g/mol. The number of hydrogen-bond donors (Lipinski definition) is 3. The predicted molar refractivity (Wildman–Crippen MR) is 326 cm³/mol. The van der Waals surface area contributed by atoms with Crippen molar-refractivity contribution >= 4 is 41.2 Å². The Balaban J connectivity index is 0.931.